The number of allylic oxidation sites excluding steroid dienone is 3. The fourth-order valence-electron chi connectivity index (χ4n) is 1.06. The van der Waals surface area contributed by atoms with Gasteiger partial charge in [-0.3, -0.25) is 0 Å². The van der Waals surface area contributed by atoms with Crippen molar-refractivity contribution < 1.29 is 9.47 Å². The van der Waals surface area contributed by atoms with Crippen molar-refractivity contribution in [2.45, 2.75) is 47.3 Å². The average Bonchev–Trinajstić information content (AvgIpc) is 2.13. The second-order valence-corrected chi connectivity index (χ2v) is 3.29. The molecule has 0 aromatic heterocycles. The summed E-state index contributed by atoms with van der Waals surface area (Å²) in [4.78, 5) is 0. The fourth-order valence-corrected chi connectivity index (χ4v) is 1.06. The van der Waals surface area contributed by atoms with Crippen LogP contribution in [-0.2, 0) is 9.47 Å². The average molecular weight is 198 g/mol. The van der Waals surface area contributed by atoms with Crippen molar-refractivity contribution in [3.63, 3.8) is 0 Å². The van der Waals surface area contributed by atoms with Gasteiger partial charge in [-0.05, 0) is 39.8 Å². The maximum absolute atomic E-state index is 5.66. The van der Waals surface area contributed by atoms with Gasteiger partial charge >= 0.3 is 0 Å². The van der Waals surface area contributed by atoms with E-state index in [1.54, 1.807) is 0 Å². The molecule has 14 heavy (non-hydrogen) atoms. The Labute approximate surface area is 87.6 Å². The van der Waals surface area contributed by atoms with E-state index in [0.717, 1.165) is 12.2 Å². The predicted octanol–water partition coefficient (Wildman–Crippen LogP) is 3.65. The van der Waals surface area contributed by atoms with Crippen molar-refractivity contribution >= 4 is 0 Å². The van der Waals surface area contributed by atoms with Gasteiger partial charge < -0.3 is 9.47 Å². The molecule has 1 unspecified atom stereocenters. The molecular weight excluding hydrogens is 176 g/mol. The lowest BCUT2D eigenvalue weighted by Gasteiger charge is -2.17. The Morgan fingerprint density at radius 1 is 1.29 bits per heavy atom. The van der Waals surface area contributed by atoms with E-state index in [4.69, 9.17) is 9.47 Å². The highest BCUT2D eigenvalue weighted by molar-refractivity contribution is 4.98. The van der Waals surface area contributed by atoms with Gasteiger partial charge in [0.1, 0.15) is 0 Å². The largest absolute Gasteiger partial charge is 0.466 e. The van der Waals surface area contributed by atoms with E-state index >= 15 is 0 Å². The summed E-state index contributed by atoms with van der Waals surface area (Å²) < 4.78 is 11.1. The quantitative estimate of drug-likeness (QED) is 0.368. The third-order valence-electron chi connectivity index (χ3n) is 1.74. The first kappa shape index (κ1) is 13.2. The molecule has 0 aromatic rings. The highest BCUT2D eigenvalue weighted by Crippen LogP contribution is 2.10. The topological polar surface area (TPSA) is 18.5 Å². The Morgan fingerprint density at radius 2 is 1.93 bits per heavy atom. The molecule has 0 aromatic carbocycles. The predicted molar refractivity (Wildman–Crippen MR) is 60.0 cm³/mol. The minimum absolute atomic E-state index is 0.240. The molecule has 0 aliphatic carbocycles. The van der Waals surface area contributed by atoms with Crippen molar-refractivity contribution in [2.24, 2.45) is 0 Å². The molecule has 0 fully saturated rings. The molecule has 0 amide bonds. The molecule has 0 N–H and O–H groups in total. The van der Waals surface area contributed by atoms with Crippen LogP contribution in [0.5, 0.6) is 0 Å². The van der Waals surface area contributed by atoms with Crippen LogP contribution in [-0.4, -0.2) is 12.9 Å². The summed E-state index contributed by atoms with van der Waals surface area (Å²) in [5, 5.41) is 0. The van der Waals surface area contributed by atoms with E-state index in [9.17, 15) is 0 Å². The summed E-state index contributed by atoms with van der Waals surface area (Å²) in [6.45, 7) is 10.8. The SMILES string of the molecule is CC=C(CC)OC(C=C(C)C)OCC. The van der Waals surface area contributed by atoms with Crippen LogP contribution in [0.15, 0.2) is 23.5 Å². The van der Waals surface area contributed by atoms with Gasteiger partial charge in [0, 0.05) is 13.0 Å². The standard InChI is InChI=1S/C12H22O2/c1-6-11(7-2)14-12(13-8-3)9-10(4)5/h6,9,12H,7-8H2,1-5H3. The summed E-state index contributed by atoms with van der Waals surface area (Å²) in [6, 6.07) is 0. The van der Waals surface area contributed by atoms with Crippen LogP contribution >= 0.6 is 0 Å². The van der Waals surface area contributed by atoms with Crippen molar-refractivity contribution in [2.75, 3.05) is 6.61 Å². The first-order valence-electron chi connectivity index (χ1n) is 5.22. The number of ether oxygens (including phenoxy) is 2. The molecule has 0 bridgehead atoms. The van der Waals surface area contributed by atoms with Gasteiger partial charge in [0.25, 0.3) is 0 Å². The fraction of sp³-hybridized carbons (Fsp3) is 0.667. The summed E-state index contributed by atoms with van der Waals surface area (Å²) in [5.74, 6) is 0.973. The molecule has 2 nitrogen and oxygen atoms in total. The zero-order valence-electron chi connectivity index (χ0n) is 9.96. The van der Waals surface area contributed by atoms with Gasteiger partial charge in [0.05, 0.1) is 5.76 Å². The van der Waals surface area contributed by atoms with Gasteiger partial charge in [-0.15, -0.1) is 0 Å². The highest BCUT2D eigenvalue weighted by Gasteiger charge is 2.06. The van der Waals surface area contributed by atoms with E-state index < -0.39 is 0 Å². The molecule has 0 saturated heterocycles. The smallest absolute Gasteiger partial charge is 0.219 e. The maximum Gasteiger partial charge on any atom is 0.219 e. The molecule has 0 aliphatic rings. The minimum Gasteiger partial charge on any atom is -0.466 e. The van der Waals surface area contributed by atoms with Crippen LogP contribution in [0.3, 0.4) is 0 Å². The first-order valence-corrected chi connectivity index (χ1v) is 5.22. The molecule has 2 heteroatoms. The van der Waals surface area contributed by atoms with Gasteiger partial charge in [-0.25, -0.2) is 0 Å². The lowest BCUT2D eigenvalue weighted by atomic mass is 10.3. The molecule has 82 valence electrons. The van der Waals surface area contributed by atoms with E-state index in [2.05, 4.69) is 6.92 Å². The summed E-state index contributed by atoms with van der Waals surface area (Å²) in [5.41, 5.74) is 1.20. The number of hydrogen-bond donors (Lipinski definition) is 0. The zero-order chi connectivity index (χ0) is 11.0. The Kier molecular flexibility index (Phi) is 7.21. The molecule has 0 rings (SSSR count). The highest BCUT2D eigenvalue weighted by atomic mass is 16.7. The van der Waals surface area contributed by atoms with Crippen LogP contribution in [0.1, 0.15) is 41.0 Å². The third-order valence-corrected chi connectivity index (χ3v) is 1.74. The number of hydrogen-bond acceptors (Lipinski definition) is 2. The van der Waals surface area contributed by atoms with Crippen LogP contribution in [0.2, 0.25) is 0 Å². The second-order valence-electron chi connectivity index (χ2n) is 3.29. The van der Waals surface area contributed by atoms with E-state index in [-0.39, 0.29) is 6.29 Å². The molecular formula is C12H22O2. The summed E-state index contributed by atoms with van der Waals surface area (Å²) in [7, 11) is 0. The van der Waals surface area contributed by atoms with Crippen LogP contribution < -0.4 is 0 Å². The maximum atomic E-state index is 5.66. The van der Waals surface area contributed by atoms with Gasteiger partial charge in [-0.2, -0.15) is 0 Å². The van der Waals surface area contributed by atoms with Crippen molar-refractivity contribution in [3.8, 4) is 0 Å². The van der Waals surface area contributed by atoms with Gasteiger partial charge in [0.15, 0.2) is 0 Å². The molecule has 0 radical (unpaired) electrons. The lowest BCUT2D eigenvalue weighted by Crippen LogP contribution is -2.14. The Morgan fingerprint density at radius 3 is 2.29 bits per heavy atom. The van der Waals surface area contributed by atoms with Crippen molar-refractivity contribution in [3.05, 3.63) is 23.5 Å². The van der Waals surface area contributed by atoms with Crippen molar-refractivity contribution in [1.82, 2.24) is 0 Å². The van der Waals surface area contributed by atoms with Gasteiger partial charge in [0.2, 0.25) is 6.29 Å². The normalized spacial score (nSPS) is 13.6. The zero-order valence-corrected chi connectivity index (χ0v) is 9.96. The number of rotatable bonds is 6. The molecule has 0 aliphatic heterocycles. The molecule has 1 atom stereocenters. The van der Waals surface area contributed by atoms with Crippen LogP contribution in [0, 0.1) is 0 Å². The first-order chi connectivity index (χ1) is 6.63. The Balaban J connectivity index is 4.29. The Hall–Kier alpha value is -0.760. The molecule has 0 heterocycles. The van der Waals surface area contributed by atoms with E-state index in [1.165, 1.54) is 5.57 Å². The van der Waals surface area contributed by atoms with E-state index in [1.807, 2.05) is 39.8 Å². The summed E-state index contributed by atoms with van der Waals surface area (Å²) in [6.07, 6.45) is 4.63. The third kappa shape index (κ3) is 5.81. The van der Waals surface area contributed by atoms with Gasteiger partial charge in [-0.1, -0.05) is 12.5 Å². The monoisotopic (exact) mass is 198 g/mol. The van der Waals surface area contributed by atoms with Crippen LogP contribution in [0.4, 0.5) is 0 Å². The lowest BCUT2D eigenvalue weighted by molar-refractivity contribution is -0.0809. The minimum atomic E-state index is -0.240. The van der Waals surface area contributed by atoms with E-state index in [0.29, 0.717) is 6.61 Å². The molecule has 0 spiro atoms. The Bertz CT molecular complexity index is 200. The summed E-state index contributed by atoms with van der Waals surface area (Å²) >= 11 is 0. The van der Waals surface area contributed by atoms with Crippen molar-refractivity contribution in [1.29, 1.82) is 0 Å². The second kappa shape index (κ2) is 7.63. The van der Waals surface area contributed by atoms with Crippen LogP contribution in [0.25, 0.3) is 0 Å². The molecule has 0 saturated carbocycles.